The first-order valence-electron chi connectivity index (χ1n) is 9.92. The summed E-state index contributed by atoms with van der Waals surface area (Å²) in [6.07, 6.45) is 5.57. The largest absolute Gasteiger partial charge is 0.372 e. The second-order valence-corrected chi connectivity index (χ2v) is 7.45. The van der Waals surface area contributed by atoms with Crippen molar-refractivity contribution in [3.63, 3.8) is 0 Å². The maximum atomic E-state index is 12.6. The molecule has 140 valence electrons. The van der Waals surface area contributed by atoms with Crippen LogP contribution < -0.4 is 10.2 Å². The Bertz CT molecular complexity index is 918. The number of fused-ring (bicyclic) bond motifs is 1. The Balaban J connectivity index is 1.42. The molecule has 1 fully saturated rings. The van der Waals surface area contributed by atoms with Crippen LogP contribution in [0.5, 0.6) is 0 Å². The first kappa shape index (κ1) is 17.7. The molecule has 0 saturated carbocycles. The number of H-pyrrole nitrogens is 1. The van der Waals surface area contributed by atoms with E-state index in [1.165, 1.54) is 31.4 Å². The van der Waals surface area contributed by atoms with E-state index < -0.39 is 0 Å². The van der Waals surface area contributed by atoms with Crippen molar-refractivity contribution >= 4 is 28.2 Å². The fraction of sp³-hybridized carbons (Fsp3) is 0.348. The first-order chi connectivity index (χ1) is 13.2. The van der Waals surface area contributed by atoms with Gasteiger partial charge in [0.1, 0.15) is 0 Å². The number of benzene rings is 2. The van der Waals surface area contributed by atoms with E-state index in [2.05, 4.69) is 33.4 Å². The van der Waals surface area contributed by atoms with Crippen LogP contribution in [0.15, 0.2) is 48.5 Å². The van der Waals surface area contributed by atoms with Gasteiger partial charge < -0.3 is 15.2 Å². The number of rotatable bonds is 4. The summed E-state index contributed by atoms with van der Waals surface area (Å²) in [4.78, 5) is 18.4. The predicted octanol–water partition coefficient (Wildman–Crippen LogP) is 5.04. The standard InChI is InChI=1S/C23H27N3O/c1-17-21(20-8-4-5-9-22(20)24-17)16-23(27)25-18-10-12-19(13-11-18)26-14-6-2-3-7-15-26/h4-5,8-13,24H,2-3,6-7,14-16H2,1H3,(H,25,27). The SMILES string of the molecule is Cc1[nH]c2ccccc2c1CC(=O)Nc1ccc(N2CCCCCC2)cc1. The number of aromatic amines is 1. The molecule has 1 aliphatic rings. The van der Waals surface area contributed by atoms with E-state index in [-0.39, 0.29) is 5.91 Å². The number of aromatic nitrogens is 1. The van der Waals surface area contributed by atoms with Gasteiger partial charge in [0.15, 0.2) is 0 Å². The zero-order valence-corrected chi connectivity index (χ0v) is 15.9. The van der Waals surface area contributed by atoms with Crippen molar-refractivity contribution in [2.75, 3.05) is 23.3 Å². The summed E-state index contributed by atoms with van der Waals surface area (Å²) in [6.45, 7) is 4.29. The molecule has 0 radical (unpaired) electrons. The number of aryl methyl sites for hydroxylation is 1. The number of hydrogen-bond acceptors (Lipinski definition) is 2. The van der Waals surface area contributed by atoms with Gasteiger partial charge in [0.2, 0.25) is 5.91 Å². The van der Waals surface area contributed by atoms with Crippen LogP contribution in [0.1, 0.15) is 36.9 Å². The lowest BCUT2D eigenvalue weighted by atomic mass is 10.1. The molecule has 0 bridgehead atoms. The predicted molar refractivity (Wildman–Crippen MR) is 112 cm³/mol. The van der Waals surface area contributed by atoms with Crippen molar-refractivity contribution in [3.05, 3.63) is 59.8 Å². The average Bonchev–Trinajstić information content (AvgIpc) is 2.86. The van der Waals surface area contributed by atoms with E-state index in [0.717, 1.165) is 40.9 Å². The van der Waals surface area contributed by atoms with Gasteiger partial charge >= 0.3 is 0 Å². The Labute approximate surface area is 160 Å². The summed E-state index contributed by atoms with van der Waals surface area (Å²) < 4.78 is 0. The van der Waals surface area contributed by atoms with Crippen LogP contribution in [-0.4, -0.2) is 24.0 Å². The van der Waals surface area contributed by atoms with Gasteiger partial charge in [-0.05, 0) is 55.7 Å². The molecule has 4 heteroatoms. The molecule has 1 saturated heterocycles. The van der Waals surface area contributed by atoms with Gasteiger partial charge in [0.25, 0.3) is 0 Å². The number of nitrogens with zero attached hydrogens (tertiary/aromatic N) is 1. The molecule has 3 aromatic rings. The second kappa shape index (κ2) is 7.87. The van der Waals surface area contributed by atoms with Gasteiger partial charge in [-0.3, -0.25) is 4.79 Å². The van der Waals surface area contributed by atoms with Gasteiger partial charge in [-0.1, -0.05) is 31.0 Å². The highest BCUT2D eigenvalue weighted by Gasteiger charge is 2.13. The monoisotopic (exact) mass is 361 g/mol. The maximum Gasteiger partial charge on any atom is 0.228 e. The first-order valence-corrected chi connectivity index (χ1v) is 9.92. The van der Waals surface area contributed by atoms with Crippen LogP contribution >= 0.6 is 0 Å². The summed E-state index contributed by atoms with van der Waals surface area (Å²) in [6, 6.07) is 16.4. The molecule has 2 aromatic carbocycles. The van der Waals surface area contributed by atoms with Crippen molar-refractivity contribution in [2.45, 2.75) is 39.0 Å². The average molecular weight is 361 g/mol. The minimum atomic E-state index is 0.0189. The third-order valence-corrected chi connectivity index (χ3v) is 5.49. The van der Waals surface area contributed by atoms with Gasteiger partial charge in [-0.2, -0.15) is 0 Å². The minimum absolute atomic E-state index is 0.0189. The summed E-state index contributed by atoms with van der Waals surface area (Å²) >= 11 is 0. The molecule has 4 nitrogen and oxygen atoms in total. The summed E-state index contributed by atoms with van der Waals surface area (Å²) in [5.74, 6) is 0.0189. The molecule has 27 heavy (non-hydrogen) atoms. The van der Waals surface area contributed by atoms with E-state index in [1.54, 1.807) is 0 Å². The highest BCUT2D eigenvalue weighted by molar-refractivity contribution is 5.96. The number of nitrogens with one attached hydrogen (secondary N) is 2. The lowest BCUT2D eigenvalue weighted by molar-refractivity contribution is -0.115. The van der Waals surface area contributed by atoms with Crippen LogP contribution in [0.25, 0.3) is 10.9 Å². The summed E-state index contributed by atoms with van der Waals surface area (Å²) in [7, 11) is 0. The summed E-state index contributed by atoms with van der Waals surface area (Å²) in [5, 5.41) is 4.17. The third kappa shape index (κ3) is 4.00. The Hall–Kier alpha value is -2.75. The van der Waals surface area contributed by atoms with E-state index in [0.29, 0.717) is 6.42 Å². The van der Waals surface area contributed by atoms with Crippen molar-refractivity contribution in [3.8, 4) is 0 Å². The smallest absolute Gasteiger partial charge is 0.228 e. The molecule has 0 aliphatic carbocycles. The molecular weight excluding hydrogens is 334 g/mol. The number of anilines is 2. The van der Waals surface area contributed by atoms with Gasteiger partial charge in [-0.25, -0.2) is 0 Å². The second-order valence-electron chi connectivity index (χ2n) is 7.45. The van der Waals surface area contributed by atoms with Crippen LogP contribution in [-0.2, 0) is 11.2 Å². The van der Waals surface area contributed by atoms with Crippen LogP contribution in [0, 0.1) is 6.92 Å². The van der Waals surface area contributed by atoms with Crippen molar-refractivity contribution in [1.82, 2.24) is 4.98 Å². The van der Waals surface area contributed by atoms with Crippen LogP contribution in [0.2, 0.25) is 0 Å². The summed E-state index contributed by atoms with van der Waals surface area (Å²) in [5.41, 5.74) is 5.32. The quantitative estimate of drug-likeness (QED) is 0.684. The molecule has 0 unspecified atom stereocenters. The number of carbonyl (C=O) groups is 1. The Morgan fingerprint density at radius 1 is 1.00 bits per heavy atom. The fourth-order valence-corrected chi connectivity index (χ4v) is 4.01. The van der Waals surface area contributed by atoms with Crippen LogP contribution in [0.4, 0.5) is 11.4 Å². The third-order valence-electron chi connectivity index (χ3n) is 5.49. The Morgan fingerprint density at radius 2 is 1.70 bits per heavy atom. The molecule has 2 N–H and O–H groups in total. The minimum Gasteiger partial charge on any atom is -0.372 e. The van der Waals surface area contributed by atoms with E-state index in [9.17, 15) is 4.79 Å². The molecular formula is C23H27N3O. The number of hydrogen-bond donors (Lipinski definition) is 2. The van der Waals surface area contributed by atoms with Crippen molar-refractivity contribution < 1.29 is 4.79 Å². The molecule has 2 heterocycles. The van der Waals surface area contributed by atoms with E-state index in [1.807, 2.05) is 37.3 Å². The van der Waals surface area contributed by atoms with E-state index >= 15 is 0 Å². The zero-order chi connectivity index (χ0) is 18.6. The molecule has 0 atom stereocenters. The number of amides is 1. The lowest BCUT2D eigenvalue weighted by Crippen LogP contribution is -2.23. The lowest BCUT2D eigenvalue weighted by Gasteiger charge is -2.22. The number of para-hydroxylation sites is 1. The highest BCUT2D eigenvalue weighted by Crippen LogP contribution is 2.24. The van der Waals surface area contributed by atoms with Crippen molar-refractivity contribution in [1.29, 1.82) is 0 Å². The van der Waals surface area contributed by atoms with Gasteiger partial charge in [0, 0.05) is 41.1 Å². The zero-order valence-electron chi connectivity index (χ0n) is 15.9. The van der Waals surface area contributed by atoms with Gasteiger partial charge in [0.05, 0.1) is 6.42 Å². The molecule has 1 amide bonds. The normalized spacial score (nSPS) is 14.9. The maximum absolute atomic E-state index is 12.6. The molecule has 1 aromatic heterocycles. The fourth-order valence-electron chi connectivity index (χ4n) is 4.01. The van der Waals surface area contributed by atoms with Gasteiger partial charge in [-0.15, -0.1) is 0 Å². The Morgan fingerprint density at radius 3 is 2.44 bits per heavy atom. The highest BCUT2D eigenvalue weighted by atomic mass is 16.1. The van der Waals surface area contributed by atoms with E-state index in [4.69, 9.17) is 0 Å². The van der Waals surface area contributed by atoms with Crippen LogP contribution in [0.3, 0.4) is 0 Å². The van der Waals surface area contributed by atoms with Crippen molar-refractivity contribution in [2.24, 2.45) is 0 Å². The molecule has 0 spiro atoms. The molecule has 4 rings (SSSR count). The topological polar surface area (TPSA) is 48.1 Å². The Kier molecular flexibility index (Phi) is 5.14. The molecule has 1 aliphatic heterocycles. The number of carbonyl (C=O) groups excluding carboxylic acids is 1.